The molecule has 2 aromatic heterocycles. The summed E-state index contributed by atoms with van der Waals surface area (Å²) in [4.78, 5) is 0. The Bertz CT molecular complexity index is 1880. The molecule has 328 valence electrons. The number of nitrogens with two attached hydrogens (primary N) is 2. The minimum atomic E-state index is 0. The second-order valence-electron chi connectivity index (χ2n) is 18.8. The van der Waals surface area contributed by atoms with Gasteiger partial charge in [0.25, 0.3) is 0 Å². The number of aromatic nitrogens is 4. The van der Waals surface area contributed by atoms with Gasteiger partial charge in [-0.2, -0.15) is 0 Å². The van der Waals surface area contributed by atoms with E-state index in [0.29, 0.717) is 47.3 Å². The van der Waals surface area contributed by atoms with Gasteiger partial charge in [0, 0.05) is 47.8 Å². The van der Waals surface area contributed by atoms with Crippen LogP contribution >= 0.6 is 0 Å². The molecule has 8 radical (unpaired) electrons. The number of rotatable bonds is 12. The van der Waals surface area contributed by atoms with Crippen LogP contribution in [0.3, 0.4) is 0 Å². The summed E-state index contributed by atoms with van der Waals surface area (Å²) in [6, 6.07) is 27.0. The fourth-order valence-electron chi connectivity index (χ4n) is 8.48. The zero-order valence-electron chi connectivity index (χ0n) is 41.0. The Labute approximate surface area is 412 Å². The predicted octanol–water partition coefficient (Wildman–Crippen LogP) is 13.8. The summed E-state index contributed by atoms with van der Waals surface area (Å²) in [5.41, 5.74) is 16.6. The van der Waals surface area contributed by atoms with Crippen LogP contribution in [-0.2, 0) is 0 Å². The Morgan fingerprint density at radius 3 is 0.726 bits per heavy atom. The fourth-order valence-corrected chi connectivity index (χ4v) is 8.48. The first-order chi connectivity index (χ1) is 27.4. The van der Waals surface area contributed by atoms with E-state index in [1.165, 1.54) is 67.3 Å². The van der Waals surface area contributed by atoms with Gasteiger partial charge < -0.3 is 12.3 Å². The standard InChI is InChI=1S/2C26H36BN2.2H2N.2Sn/c2*1-17(2)21-11-9-12-22(18(3)4)25(21)28-15-16-29(27-28)26-23(19(5)6)13-10-14-24(26)20(7)8;;;;/h2*9-20H,1-8H3;2*1H2;;/q2*+1;2*-1;;. The van der Waals surface area contributed by atoms with E-state index in [9.17, 15) is 0 Å². The summed E-state index contributed by atoms with van der Waals surface area (Å²) >= 11 is 0. The van der Waals surface area contributed by atoms with E-state index in [2.05, 4.69) is 241 Å². The van der Waals surface area contributed by atoms with Crippen LogP contribution in [0.25, 0.3) is 35.1 Å². The monoisotopic (exact) mass is 1050 g/mol. The Kier molecular flexibility index (Phi) is 23.1. The first kappa shape index (κ1) is 57.2. The Hall–Kier alpha value is -2.79. The maximum absolute atomic E-state index is 2.33. The van der Waals surface area contributed by atoms with Gasteiger partial charge in [0.2, 0.25) is 0 Å². The summed E-state index contributed by atoms with van der Waals surface area (Å²) in [5.74, 6) is 3.84. The summed E-state index contributed by atoms with van der Waals surface area (Å²) in [6.07, 6.45) is 8.87. The first-order valence-corrected chi connectivity index (χ1v) is 22.1. The Morgan fingerprint density at radius 2 is 0.532 bits per heavy atom. The maximum atomic E-state index is 2.33. The van der Waals surface area contributed by atoms with Gasteiger partial charge in [0.15, 0.2) is 0 Å². The van der Waals surface area contributed by atoms with E-state index < -0.39 is 0 Å². The van der Waals surface area contributed by atoms with Crippen LogP contribution in [0.2, 0.25) is 0 Å². The SMILES string of the molecule is CC(C)c1cccc(C(C)C)c1-n1b[n+](-c2c(C(C)C)cccc2C(C)C)cc1.CC(C)c1cccc(C(C)C)c1-n1b[n+](-c2c(C(C)C)cccc2C(C)C)cc1.[NH2-].[NH2-].[Sn].[Sn]. The molecule has 0 bridgehead atoms. The van der Waals surface area contributed by atoms with Crippen LogP contribution in [0.1, 0.15) is 203 Å². The van der Waals surface area contributed by atoms with Crippen molar-refractivity contribution < 1.29 is 8.95 Å². The minimum absolute atomic E-state index is 0. The summed E-state index contributed by atoms with van der Waals surface area (Å²) in [6.45, 7) is 36.5. The fraction of sp³-hybridized carbons (Fsp3) is 0.462. The van der Waals surface area contributed by atoms with Crippen molar-refractivity contribution in [3.05, 3.63) is 154 Å². The molecule has 2 heterocycles. The van der Waals surface area contributed by atoms with E-state index in [4.69, 9.17) is 0 Å². The number of para-hydroxylation sites is 4. The normalized spacial score (nSPS) is 11.1. The van der Waals surface area contributed by atoms with Gasteiger partial charge in [0.05, 0.1) is 0 Å². The van der Waals surface area contributed by atoms with Gasteiger partial charge in [-0.05, 0) is 0 Å². The average molecular weight is 1040 g/mol. The largest absolute Gasteiger partial charge is 0.693 e. The molecule has 0 aliphatic carbocycles. The molecule has 0 spiro atoms. The van der Waals surface area contributed by atoms with E-state index in [0.717, 1.165) is 0 Å². The first-order valence-electron chi connectivity index (χ1n) is 22.1. The van der Waals surface area contributed by atoms with E-state index in [1.807, 2.05) is 0 Å². The molecular formula is C52H76B2N6Sn2. The van der Waals surface area contributed by atoms with Gasteiger partial charge in [-0.3, -0.25) is 0 Å². The van der Waals surface area contributed by atoms with Crippen LogP contribution in [-0.4, -0.2) is 71.2 Å². The zero-order valence-corrected chi connectivity index (χ0v) is 46.7. The van der Waals surface area contributed by atoms with Gasteiger partial charge in [-0.1, -0.05) is 0 Å². The van der Waals surface area contributed by atoms with Crippen molar-refractivity contribution in [1.29, 1.82) is 0 Å². The molecule has 0 saturated heterocycles. The van der Waals surface area contributed by atoms with Crippen LogP contribution in [0.5, 0.6) is 0 Å². The van der Waals surface area contributed by atoms with E-state index in [1.54, 1.807) is 0 Å². The van der Waals surface area contributed by atoms with Crippen molar-refractivity contribution in [3.8, 4) is 22.7 Å². The predicted molar refractivity (Wildman–Crippen MR) is 272 cm³/mol. The average Bonchev–Trinajstić information content (AvgIpc) is 3.87. The molecule has 4 aromatic carbocycles. The molecule has 10 heteroatoms. The molecule has 6 rings (SSSR count). The van der Waals surface area contributed by atoms with Crippen molar-refractivity contribution in [2.45, 2.75) is 158 Å². The van der Waals surface area contributed by atoms with Crippen molar-refractivity contribution in [1.82, 2.24) is 8.95 Å². The molecule has 0 amide bonds. The number of nitrogens with zero attached hydrogens (tertiary/aromatic N) is 4. The van der Waals surface area contributed by atoms with Gasteiger partial charge >= 0.3 is 355 Å². The minimum Gasteiger partial charge on any atom is -0.693 e. The van der Waals surface area contributed by atoms with Crippen LogP contribution in [0, 0.1) is 0 Å². The van der Waals surface area contributed by atoms with Crippen molar-refractivity contribution in [2.24, 2.45) is 0 Å². The Balaban J connectivity index is 0.000000582. The Morgan fingerprint density at radius 1 is 0.339 bits per heavy atom. The molecule has 6 aromatic rings. The van der Waals surface area contributed by atoms with E-state index >= 15 is 0 Å². The summed E-state index contributed by atoms with van der Waals surface area (Å²) in [5, 5.41) is 0. The summed E-state index contributed by atoms with van der Waals surface area (Å²) in [7, 11) is 4.53. The second-order valence-corrected chi connectivity index (χ2v) is 18.8. The van der Waals surface area contributed by atoms with Crippen molar-refractivity contribution in [2.75, 3.05) is 0 Å². The van der Waals surface area contributed by atoms with Gasteiger partial charge in [-0.25, -0.2) is 0 Å². The van der Waals surface area contributed by atoms with Gasteiger partial charge in [0.1, 0.15) is 0 Å². The zero-order chi connectivity index (χ0) is 42.6. The van der Waals surface area contributed by atoms with Crippen LogP contribution in [0.4, 0.5) is 0 Å². The quantitative estimate of drug-likeness (QED) is 0.109. The molecule has 0 fully saturated rings. The van der Waals surface area contributed by atoms with E-state index in [-0.39, 0.29) is 60.1 Å². The molecule has 0 aliphatic heterocycles. The van der Waals surface area contributed by atoms with Gasteiger partial charge in [-0.15, -0.1) is 0 Å². The summed E-state index contributed by atoms with van der Waals surface area (Å²) < 4.78 is 9.30. The van der Waals surface area contributed by atoms with Crippen molar-refractivity contribution >= 4 is 62.2 Å². The molecular weight excluding hydrogens is 968 g/mol. The number of hydrogen-bond acceptors (Lipinski definition) is 0. The number of hydrogen-bond donors (Lipinski definition) is 0. The molecule has 0 saturated carbocycles. The topological polar surface area (TPSA) is 84.6 Å². The third kappa shape index (κ3) is 12.7. The number of benzene rings is 4. The van der Waals surface area contributed by atoms with Crippen molar-refractivity contribution in [3.63, 3.8) is 0 Å². The molecule has 4 N–H and O–H groups in total. The molecule has 62 heavy (non-hydrogen) atoms. The van der Waals surface area contributed by atoms with Crippen LogP contribution < -0.4 is 8.95 Å². The molecule has 0 atom stereocenters. The third-order valence-electron chi connectivity index (χ3n) is 11.7. The third-order valence-corrected chi connectivity index (χ3v) is 11.7. The molecule has 0 aliphatic rings. The smallest absolute Gasteiger partial charge is 0 e. The van der Waals surface area contributed by atoms with Crippen LogP contribution in [0.15, 0.2) is 97.6 Å². The molecule has 6 nitrogen and oxygen atoms in total. The molecule has 0 unspecified atom stereocenters. The second kappa shape index (κ2) is 25.0. The maximum Gasteiger partial charge on any atom is 0 e.